The topological polar surface area (TPSA) is 71.5 Å². The van der Waals surface area contributed by atoms with E-state index in [1.807, 2.05) is 38.1 Å². The average molecular weight is 375 g/mol. The van der Waals surface area contributed by atoms with Crippen LogP contribution in [0.1, 0.15) is 41.7 Å². The van der Waals surface area contributed by atoms with E-state index < -0.39 is 0 Å². The second-order valence-electron chi connectivity index (χ2n) is 6.21. The van der Waals surface area contributed by atoms with Crippen molar-refractivity contribution < 1.29 is 14.3 Å². The van der Waals surface area contributed by atoms with E-state index in [1.54, 1.807) is 18.9 Å². The van der Waals surface area contributed by atoms with E-state index in [0.29, 0.717) is 28.7 Å². The Bertz CT molecular complexity index is 786. The first-order valence-electron chi connectivity index (χ1n) is 8.52. The minimum absolute atomic E-state index is 0.0143. The third-order valence-corrected chi connectivity index (χ3v) is 5.08. The van der Waals surface area contributed by atoms with Gasteiger partial charge in [-0.2, -0.15) is 0 Å². The Balaban J connectivity index is 2.05. The molecule has 1 aromatic carbocycles. The third kappa shape index (κ3) is 4.60. The van der Waals surface area contributed by atoms with Crippen LogP contribution in [0.4, 0.5) is 5.13 Å². The zero-order valence-electron chi connectivity index (χ0n) is 15.8. The number of rotatable bonds is 7. The number of aromatic nitrogens is 1. The minimum Gasteiger partial charge on any atom is -0.496 e. The number of methoxy groups -OCH3 is 1. The molecule has 140 valence electrons. The maximum Gasteiger partial charge on any atom is 0.263 e. The predicted octanol–water partition coefficient (Wildman–Crippen LogP) is 3.19. The van der Waals surface area contributed by atoms with E-state index in [0.717, 1.165) is 11.3 Å². The Kier molecular flexibility index (Phi) is 6.74. The molecule has 2 aromatic rings. The molecule has 1 N–H and O–H groups in total. The molecule has 7 heteroatoms. The maximum atomic E-state index is 12.5. The number of para-hydroxylation sites is 1. The van der Waals surface area contributed by atoms with E-state index in [-0.39, 0.29) is 17.9 Å². The van der Waals surface area contributed by atoms with Gasteiger partial charge in [0, 0.05) is 19.5 Å². The molecule has 6 nitrogen and oxygen atoms in total. The lowest BCUT2D eigenvalue weighted by Crippen LogP contribution is -2.34. The van der Waals surface area contributed by atoms with Crippen molar-refractivity contribution in [2.45, 2.75) is 40.2 Å². The molecule has 0 aliphatic rings. The van der Waals surface area contributed by atoms with Crippen LogP contribution in [0.2, 0.25) is 0 Å². The smallest absolute Gasteiger partial charge is 0.263 e. The molecule has 1 heterocycles. The van der Waals surface area contributed by atoms with Gasteiger partial charge in [-0.15, -0.1) is 0 Å². The number of nitrogens with one attached hydrogen (secondary N) is 1. The molecule has 0 aliphatic heterocycles. The van der Waals surface area contributed by atoms with E-state index in [2.05, 4.69) is 10.3 Å². The molecular formula is C19H25N3O3S. The van der Waals surface area contributed by atoms with Crippen molar-refractivity contribution >= 4 is 28.3 Å². The zero-order valence-corrected chi connectivity index (χ0v) is 16.6. The van der Waals surface area contributed by atoms with Gasteiger partial charge in [0.15, 0.2) is 5.13 Å². The van der Waals surface area contributed by atoms with Crippen molar-refractivity contribution in [3.8, 4) is 5.75 Å². The molecule has 26 heavy (non-hydrogen) atoms. The fourth-order valence-corrected chi connectivity index (χ4v) is 3.88. The number of amides is 2. The highest BCUT2D eigenvalue weighted by atomic mass is 32.1. The summed E-state index contributed by atoms with van der Waals surface area (Å²) < 4.78 is 5.32. The number of thiazole rings is 1. The Morgan fingerprint density at radius 2 is 2.00 bits per heavy atom. The SMILES string of the molecule is COc1ccccc1CCNC(=O)c1sc(N(C(C)=O)C(C)C)nc1C. The molecule has 0 radical (unpaired) electrons. The van der Waals surface area contributed by atoms with Gasteiger partial charge in [0.25, 0.3) is 5.91 Å². The first-order chi connectivity index (χ1) is 12.3. The number of nitrogens with zero attached hydrogens (tertiary/aromatic N) is 2. The van der Waals surface area contributed by atoms with Gasteiger partial charge in [0.05, 0.1) is 12.8 Å². The third-order valence-electron chi connectivity index (χ3n) is 3.93. The first kappa shape index (κ1) is 19.9. The lowest BCUT2D eigenvalue weighted by Gasteiger charge is -2.21. The summed E-state index contributed by atoms with van der Waals surface area (Å²) in [5, 5.41) is 3.48. The number of carbonyl (C=O) groups excluding carboxylic acids is 2. The first-order valence-corrected chi connectivity index (χ1v) is 9.34. The lowest BCUT2D eigenvalue weighted by molar-refractivity contribution is -0.116. The Labute approximate surface area is 158 Å². The monoisotopic (exact) mass is 375 g/mol. The van der Waals surface area contributed by atoms with Gasteiger partial charge in [-0.05, 0) is 38.8 Å². The van der Waals surface area contributed by atoms with Crippen LogP contribution >= 0.6 is 11.3 Å². The Hall–Kier alpha value is -2.41. The number of ether oxygens (including phenoxy) is 1. The van der Waals surface area contributed by atoms with Crippen LogP contribution in [0, 0.1) is 6.92 Å². The Morgan fingerprint density at radius 3 is 2.62 bits per heavy atom. The van der Waals surface area contributed by atoms with Crippen LogP contribution in [0.25, 0.3) is 0 Å². The highest BCUT2D eigenvalue weighted by molar-refractivity contribution is 7.17. The molecule has 0 bridgehead atoms. The number of anilines is 1. The summed E-state index contributed by atoms with van der Waals surface area (Å²) in [5.41, 5.74) is 1.67. The van der Waals surface area contributed by atoms with Crippen molar-refractivity contribution in [1.82, 2.24) is 10.3 Å². The van der Waals surface area contributed by atoms with Crippen LogP contribution in [-0.4, -0.2) is 36.5 Å². The summed E-state index contributed by atoms with van der Waals surface area (Å²) in [6.45, 7) is 7.63. The summed E-state index contributed by atoms with van der Waals surface area (Å²) in [4.78, 5) is 30.9. The molecule has 0 aliphatic carbocycles. The van der Waals surface area contributed by atoms with Crippen molar-refractivity contribution in [3.05, 3.63) is 40.4 Å². The summed E-state index contributed by atoms with van der Waals surface area (Å²) in [7, 11) is 1.63. The van der Waals surface area contributed by atoms with E-state index in [1.165, 1.54) is 18.3 Å². The van der Waals surface area contributed by atoms with Gasteiger partial charge in [-0.25, -0.2) is 4.98 Å². The minimum atomic E-state index is -0.173. The number of aryl methyl sites for hydroxylation is 1. The van der Waals surface area contributed by atoms with E-state index in [4.69, 9.17) is 4.74 Å². The van der Waals surface area contributed by atoms with Crippen LogP contribution in [0.15, 0.2) is 24.3 Å². The number of hydrogen-bond acceptors (Lipinski definition) is 5. The fourth-order valence-electron chi connectivity index (χ4n) is 2.72. The normalized spacial score (nSPS) is 10.7. The number of carbonyl (C=O) groups is 2. The molecule has 0 saturated carbocycles. The number of benzene rings is 1. The molecule has 0 atom stereocenters. The highest BCUT2D eigenvalue weighted by Gasteiger charge is 2.23. The quantitative estimate of drug-likeness (QED) is 0.807. The molecule has 0 saturated heterocycles. The number of hydrogen-bond donors (Lipinski definition) is 1. The van der Waals surface area contributed by atoms with Gasteiger partial charge in [-0.3, -0.25) is 14.5 Å². The van der Waals surface area contributed by atoms with Gasteiger partial charge in [-0.1, -0.05) is 29.5 Å². The summed E-state index contributed by atoms with van der Waals surface area (Å²) >= 11 is 1.24. The summed E-state index contributed by atoms with van der Waals surface area (Å²) in [5.74, 6) is 0.553. The largest absolute Gasteiger partial charge is 0.496 e. The second-order valence-corrected chi connectivity index (χ2v) is 7.19. The van der Waals surface area contributed by atoms with Crippen molar-refractivity contribution in [1.29, 1.82) is 0 Å². The van der Waals surface area contributed by atoms with Crippen LogP contribution in [0.5, 0.6) is 5.75 Å². The van der Waals surface area contributed by atoms with Crippen LogP contribution in [-0.2, 0) is 11.2 Å². The average Bonchev–Trinajstić information content (AvgIpc) is 2.95. The summed E-state index contributed by atoms with van der Waals surface area (Å²) in [6, 6.07) is 7.73. The molecule has 2 amide bonds. The van der Waals surface area contributed by atoms with Gasteiger partial charge in [0.2, 0.25) is 5.91 Å². The van der Waals surface area contributed by atoms with Gasteiger partial charge in [0.1, 0.15) is 10.6 Å². The standard InChI is InChI=1S/C19H25N3O3S/c1-12(2)22(14(4)23)19-21-13(3)17(26-19)18(24)20-11-10-15-8-6-7-9-16(15)25-5/h6-9,12H,10-11H2,1-5H3,(H,20,24). The second kappa shape index (κ2) is 8.80. The van der Waals surface area contributed by atoms with E-state index in [9.17, 15) is 9.59 Å². The Morgan fingerprint density at radius 1 is 1.31 bits per heavy atom. The lowest BCUT2D eigenvalue weighted by atomic mass is 10.1. The van der Waals surface area contributed by atoms with Crippen molar-refractivity contribution in [2.75, 3.05) is 18.6 Å². The zero-order chi connectivity index (χ0) is 19.3. The molecular weight excluding hydrogens is 350 g/mol. The van der Waals surface area contributed by atoms with Crippen molar-refractivity contribution in [2.24, 2.45) is 0 Å². The van der Waals surface area contributed by atoms with Gasteiger partial charge < -0.3 is 10.1 Å². The molecule has 0 fully saturated rings. The molecule has 1 aromatic heterocycles. The van der Waals surface area contributed by atoms with E-state index >= 15 is 0 Å². The van der Waals surface area contributed by atoms with Crippen LogP contribution in [0.3, 0.4) is 0 Å². The molecule has 2 rings (SSSR count). The van der Waals surface area contributed by atoms with Gasteiger partial charge >= 0.3 is 0 Å². The predicted molar refractivity (Wildman–Crippen MR) is 104 cm³/mol. The molecule has 0 spiro atoms. The summed E-state index contributed by atoms with van der Waals surface area (Å²) in [6.07, 6.45) is 0.673. The maximum absolute atomic E-state index is 12.5. The fraction of sp³-hybridized carbons (Fsp3) is 0.421. The molecule has 0 unspecified atom stereocenters. The highest BCUT2D eigenvalue weighted by Crippen LogP contribution is 2.27. The van der Waals surface area contributed by atoms with Crippen LogP contribution < -0.4 is 15.0 Å². The van der Waals surface area contributed by atoms with Crippen molar-refractivity contribution in [3.63, 3.8) is 0 Å².